The number of nitrogens with zero attached hydrogens (tertiary/aromatic N) is 1. The molecular formula is C35H38IrNO2-. The van der Waals surface area contributed by atoms with Gasteiger partial charge in [-0.05, 0) is 28.1 Å². The van der Waals surface area contributed by atoms with E-state index >= 15 is 0 Å². The third kappa shape index (κ3) is 6.40. The van der Waals surface area contributed by atoms with Crippen molar-refractivity contribution < 1.29 is 30.0 Å². The molecule has 5 rings (SSSR count). The molecule has 1 N–H and O–H groups in total. The van der Waals surface area contributed by atoms with Crippen LogP contribution in [0.2, 0.25) is 0 Å². The van der Waals surface area contributed by atoms with Gasteiger partial charge in [-0.3, -0.25) is 9.78 Å². The maximum Gasteiger partial charge on any atom is 0.164 e. The minimum absolute atomic E-state index is 0. The van der Waals surface area contributed by atoms with Crippen molar-refractivity contribution in [3.8, 4) is 22.4 Å². The Morgan fingerprint density at radius 1 is 0.846 bits per heavy atom. The van der Waals surface area contributed by atoms with Crippen LogP contribution in [0.25, 0.3) is 33.3 Å². The van der Waals surface area contributed by atoms with Crippen molar-refractivity contribution in [3.63, 3.8) is 0 Å². The third-order valence-corrected chi connectivity index (χ3v) is 7.16. The van der Waals surface area contributed by atoms with Crippen LogP contribution in [0.3, 0.4) is 0 Å². The summed E-state index contributed by atoms with van der Waals surface area (Å²) in [5.41, 5.74) is 7.68. The van der Waals surface area contributed by atoms with Gasteiger partial charge in [0.05, 0.1) is 5.52 Å². The fourth-order valence-electron chi connectivity index (χ4n) is 4.56. The summed E-state index contributed by atoms with van der Waals surface area (Å²) in [7, 11) is 0. The zero-order valence-electron chi connectivity index (χ0n) is 24.1. The molecule has 1 heterocycles. The molecule has 0 aliphatic heterocycles. The normalized spacial score (nSPS) is 14.0. The first-order valence-corrected chi connectivity index (χ1v) is 13.2. The molecule has 4 aromatic rings. The quantitative estimate of drug-likeness (QED) is 0.129. The maximum atomic E-state index is 11.5. The second kappa shape index (κ2) is 11.2. The molecule has 3 aromatic carbocycles. The van der Waals surface area contributed by atoms with Crippen LogP contribution in [0, 0.1) is 16.9 Å². The summed E-state index contributed by atoms with van der Waals surface area (Å²) >= 11 is 0. The number of aromatic nitrogens is 1. The summed E-state index contributed by atoms with van der Waals surface area (Å²) in [5, 5.41) is 10.7. The summed E-state index contributed by atoms with van der Waals surface area (Å²) in [6.45, 7) is 15.7. The molecule has 3 nitrogen and oxygen atoms in total. The number of carbonyl (C=O) groups excluding carboxylic acids is 1. The smallest absolute Gasteiger partial charge is 0.164 e. The Hall–Kier alpha value is -3.07. The molecule has 4 heteroatoms. The summed E-state index contributed by atoms with van der Waals surface area (Å²) in [4.78, 5) is 16.3. The van der Waals surface area contributed by atoms with E-state index in [4.69, 9.17) is 4.98 Å². The number of hydrogen-bond acceptors (Lipinski definition) is 3. The van der Waals surface area contributed by atoms with E-state index in [2.05, 4.69) is 80.6 Å². The van der Waals surface area contributed by atoms with Crippen molar-refractivity contribution in [3.05, 3.63) is 102 Å². The molecule has 0 spiro atoms. The number of pyridine rings is 1. The zero-order valence-corrected chi connectivity index (χ0v) is 26.5. The van der Waals surface area contributed by atoms with Gasteiger partial charge in [-0.2, -0.15) is 0 Å². The first-order chi connectivity index (χ1) is 17.7. The van der Waals surface area contributed by atoms with Crippen LogP contribution in [0.1, 0.15) is 66.5 Å². The molecule has 0 saturated heterocycles. The Morgan fingerprint density at radius 3 is 2.15 bits per heavy atom. The molecule has 0 saturated carbocycles. The number of allylic oxidation sites excluding steroid dienone is 2. The summed E-state index contributed by atoms with van der Waals surface area (Å²) in [6.07, 6.45) is 1.33. The number of fused-ring (bicyclic) bond motifs is 4. The zero-order chi connectivity index (χ0) is 27.9. The second-order valence-corrected chi connectivity index (χ2v) is 12.6. The van der Waals surface area contributed by atoms with E-state index in [1.807, 2.05) is 53.7 Å². The topological polar surface area (TPSA) is 50.2 Å². The van der Waals surface area contributed by atoms with Crippen molar-refractivity contribution in [2.24, 2.45) is 10.8 Å². The van der Waals surface area contributed by atoms with Gasteiger partial charge in [-0.25, -0.2) is 0 Å². The molecular weight excluding hydrogens is 659 g/mol. The van der Waals surface area contributed by atoms with E-state index in [1.54, 1.807) is 0 Å². The third-order valence-electron chi connectivity index (χ3n) is 7.16. The Morgan fingerprint density at radius 2 is 1.49 bits per heavy atom. The van der Waals surface area contributed by atoms with E-state index < -0.39 is 5.41 Å². The molecule has 0 atom stereocenters. The van der Waals surface area contributed by atoms with Gasteiger partial charge in [0.2, 0.25) is 0 Å². The molecule has 0 fully saturated rings. The van der Waals surface area contributed by atoms with Crippen molar-refractivity contribution in [1.29, 1.82) is 0 Å². The molecule has 0 bridgehead atoms. The van der Waals surface area contributed by atoms with Crippen molar-refractivity contribution in [2.45, 2.75) is 60.8 Å². The number of hydrogen-bond donors (Lipinski definition) is 1. The summed E-state index contributed by atoms with van der Waals surface area (Å²) in [6, 6.07) is 29.0. The molecule has 39 heavy (non-hydrogen) atoms. The van der Waals surface area contributed by atoms with Gasteiger partial charge in [-0.15, -0.1) is 29.3 Å². The van der Waals surface area contributed by atoms with Crippen LogP contribution in [0.4, 0.5) is 0 Å². The van der Waals surface area contributed by atoms with Crippen LogP contribution in [0.15, 0.2) is 84.6 Å². The maximum absolute atomic E-state index is 11.5. The van der Waals surface area contributed by atoms with E-state index in [0.29, 0.717) is 0 Å². The first-order valence-electron chi connectivity index (χ1n) is 13.2. The number of benzene rings is 3. The number of rotatable bonds is 2. The van der Waals surface area contributed by atoms with Crippen LogP contribution >= 0.6 is 0 Å². The molecule has 1 aliphatic rings. The summed E-state index contributed by atoms with van der Waals surface area (Å²) < 4.78 is 0. The molecule has 1 radical (unpaired) electrons. The average molecular weight is 697 g/mol. The van der Waals surface area contributed by atoms with Crippen LogP contribution in [-0.4, -0.2) is 15.9 Å². The Kier molecular flexibility index (Phi) is 8.75. The van der Waals surface area contributed by atoms with E-state index in [9.17, 15) is 9.90 Å². The Labute approximate surface area is 246 Å². The summed E-state index contributed by atoms with van der Waals surface area (Å²) in [5.74, 6) is 0.104. The van der Waals surface area contributed by atoms with Crippen LogP contribution < -0.4 is 0 Å². The number of aliphatic hydroxyl groups excluding tert-OH is 1. The SMILES string of the molecule is CC(C)(C)C(=O)C=C(O)C(C)(C)C.CC1(C)c2ccccc2-c2c[c-]c(-c3ccc4ccccc4n3)cc21.[Ir]. The fourth-order valence-corrected chi connectivity index (χ4v) is 4.56. The van der Waals surface area contributed by atoms with E-state index in [1.165, 1.54) is 33.7 Å². The van der Waals surface area contributed by atoms with Gasteiger partial charge in [0, 0.05) is 37.0 Å². The number of carbonyl (C=O) groups is 1. The minimum atomic E-state index is -0.417. The number of aliphatic hydroxyl groups is 1. The van der Waals surface area contributed by atoms with E-state index in [-0.39, 0.29) is 42.5 Å². The number of para-hydroxylation sites is 1. The van der Waals surface area contributed by atoms with Gasteiger partial charge < -0.3 is 5.11 Å². The largest absolute Gasteiger partial charge is 0.512 e. The number of ketones is 1. The van der Waals surface area contributed by atoms with Gasteiger partial charge in [0.1, 0.15) is 5.76 Å². The van der Waals surface area contributed by atoms with Gasteiger partial charge >= 0.3 is 0 Å². The molecule has 205 valence electrons. The van der Waals surface area contributed by atoms with Gasteiger partial charge in [0.25, 0.3) is 0 Å². The predicted octanol–water partition coefficient (Wildman–Crippen LogP) is 9.10. The van der Waals surface area contributed by atoms with Crippen molar-refractivity contribution in [2.75, 3.05) is 0 Å². The monoisotopic (exact) mass is 697 g/mol. The van der Waals surface area contributed by atoms with E-state index in [0.717, 1.165) is 16.8 Å². The fraction of sp³-hybridized carbons (Fsp3) is 0.314. The Balaban J connectivity index is 0.000000260. The Bertz CT molecular complexity index is 1530. The second-order valence-electron chi connectivity index (χ2n) is 12.6. The van der Waals surface area contributed by atoms with Crippen molar-refractivity contribution >= 4 is 16.7 Å². The van der Waals surface area contributed by atoms with Gasteiger partial charge in [0.15, 0.2) is 5.78 Å². The van der Waals surface area contributed by atoms with Crippen LogP contribution in [0.5, 0.6) is 0 Å². The predicted molar refractivity (Wildman–Crippen MR) is 158 cm³/mol. The molecule has 1 aliphatic carbocycles. The van der Waals surface area contributed by atoms with Crippen LogP contribution in [-0.2, 0) is 30.3 Å². The standard InChI is InChI=1S/C24H18N.C11H20O2.Ir/c1-24(2)20-9-5-4-8-18(20)19-13-11-17(15-21(19)24)23-14-12-16-7-3-6-10-22(16)25-23;1-10(2,3)8(12)7-9(13)11(4,5)6;/h3-10,12-15H,1-2H3;7,12H,1-6H3;/q-1;;. The average Bonchev–Trinajstić information content (AvgIpc) is 3.09. The first kappa shape index (κ1) is 30.5. The van der Waals surface area contributed by atoms with Crippen molar-refractivity contribution in [1.82, 2.24) is 4.98 Å². The molecule has 0 amide bonds. The minimum Gasteiger partial charge on any atom is -0.512 e. The molecule has 0 unspecified atom stereocenters. The molecule has 1 aromatic heterocycles. The van der Waals surface area contributed by atoms with Gasteiger partial charge in [-0.1, -0.05) is 121 Å².